The van der Waals surface area contributed by atoms with E-state index in [1.807, 2.05) is 68.4 Å². The minimum atomic E-state index is -0.144. The Morgan fingerprint density at radius 1 is 1.14 bits per heavy atom. The highest BCUT2D eigenvalue weighted by atomic mass is 32.2. The fraction of sp³-hybridized carbons (Fsp3) is 0.158. The Hall–Kier alpha value is -3.33. The number of carbonyl (C=O) groups excluding carboxylic acids is 1. The first-order valence-corrected chi connectivity index (χ1v) is 9.57. The molecule has 1 heterocycles. The van der Waals surface area contributed by atoms with Gasteiger partial charge in [-0.25, -0.2) is 10.1 Å². The summed E-state index contributed by atoms with van der Waals surface area (Å²) in [4.78, 5) is 12.2. The summed E-state index contributed by atoms with van der Waals surface area (Å²) in [6.07, 6.45) is 0. The quantitative estimate of drug-likeness (QED) is 0.246. The summed E-state index contributed by atoms with van der Waals surface area (Å²) in [5.41, 5.74) is 6.37. The van der Waals surface area contributed by atoms with E-state index in [2.05, 4.69) is 26.0 Å². The Labute approximate surface area is 167 Å². The van der Waals surface area contributed by atoms with Crippen LogP contribution in [0.3, 0.4) is 0 Å². The lowest BCUT2D eigenvalue weighted by atomic mass is 10.1. The Morgan fingerprint density at radius 3 is 2.61 bits per heavy atom. The number of aryl methyl sites for hydroxylation is 1. The molecular formula is C19H21N7OS. The Balaban J connectivity index is 1.57. The molecule has 144 valence electrons. The van der Waals surface area contributed by atoms with E-state index in [1.165, 1.54) is 16.4 Å². The first-order chi connectivity index (χ1) is 13.5. The van der Waals surface area contributed by atoms with Gasteiger partial charge in [0.1, 0.15) is 0 Å². The predicted octanol–water partition coefficient (Wildman–Crippen LogP) is 2.87. The summed E-state index contributed by atoms with van der Waals surface area (Å²) < 4.78 is 1.27. The summed E-state index contributed by atoms with van der Waals surface area (Å²) in [5, 5.41) is 15.5. The van der Waals surface area contributed by atoms with Crippen molar-refractivity contribution < 1.29 is 4.79 Å². The van der Waals surface area contributed by atoms with Crippen molar-refractivity contribution >= 4 is 35.0 Å². The highest BCUT2D eigenvalue weighted by Gasteiger charge is 2.12. The van der Waals surface area contributed by atoms with E-state index in [0.29, 0.717) is 5.16 Å². The van der Waals surface area contributed by atoms with Gasteiger partial charge in [0, 0.05) is 5.69 Å². The second kappa shape index (κ2) is 9.05. The number of anilines is 2. The third-order valence-corrected chi connectivity index (χ3v) is 4.87. The van der Waals surface area contributed by atoms with Crippen molar-refractivity contribution in [1.29, 1.82) is 0 Å². The Morgan fingerprint density at radius 2 is 1.86 bits per heavy atom. The molecule has 2 aromatic carbocycles. The summed E-state index contributed by atoms with van der Waals surface area (Å²) in [6, 6.07) is 17.3. The second-order valence-corrected chi connectivity index (χ2v) is 6.95. The van der Waals surface area contributed by atoms with E-state index >= 15 is 0 Å². The molecule has 1 aromatic heterocycles. The zero-order valence-electron chi connectivity index (χ0n) is 15.6. The number of rotatable bonds is 7. The molecule has 0 saturated heterocycles. The van der Waals surface area contributed by atoms with Gasteiger partial charge < -0.3 is 11.2 Å². The number of nitrogens with zero attached hydrogens (tertiary/aromatic N) is 4. The van der Waals surface area contributed by atoms with E-state index in [0.717, 1.165) is 22.5 Å². The number of para-hydroxylation sites is 1. The number of aromatic nitrogens is 3. The minimum absolute atomic E-state index is 0.144. The van der Waals surface area contributed by atoms with Gasteiger partial charge in [0.05, 0.1) is 11.5 Å². The maximum atomic E-state index is 12.2. The normalized spacial score (nSPS) is 11.3. The summed E-state index contributed by atoms with van der Waals surface area (Å²) in [5.74, 6) is 6.31. The van der Waals surface area contributed by atoms with Gasteiger partial charge in [0.2, 0.25) is 11.1 Å². The van der Waals surface area contributed by atoms with Crippen molar-refractivity contribution in [3.8, 4) is 0 Å². The van der Waals surface area contributed by atoms with Gasteiger partial charge in [-0.15, -0.1) is 10.2 Å². The molecule has 1 amide bonds. The number of nitrogens with two attached hydrogens (primary N) is 1. The molecule has 0 bridgehead atoms. The number of nitrogen functional groups attached to an aromatic ring is 1. The van der Waals surface area contributed by atoms with E-state index in [-0.39, 0.29) is 17.6 Å². The number of hydrogen-bond acceptors (Lipinski definition) is 7. The maximum Gasteiger partial charge on any atom is 0.264 e. The molecule has 9 heteroatoms. The van der Waals surface area contributed by atoms with Crippen molar-refractivity contribution in [3.63, 3.8) is 0 Å². The molecule has 0 saturated carbocycles. The average Bonchev–Trinajstić information content (AvgIpc) is 3.06. The van der Waals surface area contributed by atoms with Gasteiger partial charge in [-0.2, -0.15) is 5.10 Å². The molecule has 0 aliphatic carbocycles. The molecule has 8 nitrogen and oxygen atoms in total. The van der Waals surface area contributed by atoms with Crippen molar-refractivity contribution in [2.45, 2.75) is 19.0 Å². The first-order valence-electron chi connectivity index (χ1n) is 8.59. The second-order valence-electron chi connectivity index (χ2n) is 6.00. The molecule has 3 aromatic rings. The van der Waals surface area contributed by atoms with Crippen LogP contribution in [0.4, 0.5) is 11.6 Å². The predicted molar refractivity (Wildman–Crippen MR) is 113 cm³/mol. The number of benzene rings is 2. The topological polar surface area (TPSA) is 110 Å². The van der Waals surface area contributed by atoms with Crippen molar-refractivity contribution in [3.05, 3.63) is 65.7 Å². The van der Waals surface area contributed by atoms with Crippen LogP contribution in [-0.4, -0.2) is 32.2 Å². The number of amides is 1. The Kier molecular flexibility index (Phi) is 6.28. The number of thioether (sulfide) groups is 1. The van der Waals surface area contributed by atoms with Crippen LogP contribution in [0.5, 0.6) is 0 Å². The third kappa shape index (κ3) is 4.89. The van der Waals surface area contributed by atoms with Gasteiger partial charge in [-0.3, -0.25) is 4.79 Å². The number of nitrogens with one attached hydrogen (secondary N) is 2. The summed E-state index contributed by atoms with van der Waals surface area (Å²) in [7, 11) is 0. The van der Waals surface area contributed by atoms with Gasteiger partial charge >= 0.3 is 0 Å². The number of hydrogen-bond donors (Lipinski definition) is 3. The summed E-state index contributed by atoms with van der Waals surface area (Å²) in [6.45, 7) is 3.82. The van der Waals surface area contributed by atoms with Crippen LogP contribution in [0.1, 0.15) is 18.1 Å². The molecule has 0 aliphatic heterocycles. The lowest BCUT2D eigenvalue weighted by molar-refractivity contribution is -0.113. The smallest absolute Gasteiger partial charge is 0.264 e. The van der Waals surface area contributed by atoms with Crippen LogP contribution < -0.4 is 16.6 Å². The fourth-order valence-corrected chi connectivity index (χ4v) is 3.02. The van der Waals surface area contributed by atoms with Crippen molar-refractivity contribution in [2.75, 3.05) is 22.3 Å². The minimum Gasteiger partial charge on any atom is -0.334 e. The fourth-order valence-electron chi connectivity index (χ4n) is 2.36. The molecule has 0 unspecified atom stereocenters. The third-order valence-electron chi connectivity index (χ3n) is 3.93. The summed E-state index contributed by atoms with van der Waals surface area (Å²) >= 11 is 1.20. The largest absolute Gasteiger partial charge is 0.334 e. The van der Waals surface area contributed by atoms with Gasteiger partial charge in [-0.05, 0) is 31.0 Å². The monoisotopic (exact) mass is 395 g/mol. The van der Waals surface area contributed by atoms with E-state index in [1.54, 1.807) is 0 Å². The molecule has 28 heavy (non-hydrogen) atoms. The zero-order valence-corrected chi connectivity index (χ0v) is 16.4. The molecular weight excluding hydrogens is 374 g/mol. The van der Waals surface area contributed by atoms with Gasteiger partial charge in [0.25, 0.3) is 5.95 Å². The Bertz CT molecular complexity index is 985. The molecule has 0 radical (unpaired) electrons. The standard InChI is InChI=1S/C19H21N7OS/c1-13-8-6-7-11-16(13)21-17(27)12-28-19-25-24-18(26(19)20)23-22-14(2)15-9-4-3-5-10-15/h3-11H,12,20H2,1-2H3,(H,21,27)(H,23,24)/b22-14+. The molecule has 3 rings (SSSR count). The molecule has 4 N–H and O–H groups in total. The molecule has 0 spiro atoms. The van der Waals surface area contributed by atoms with Gasteiger partial charge in [0.15, 0.2) is 0 Å². The van der Waals surface area contributed by atoms with E-state index < -0.39 is 0 Å². The van der Waals surface area contributed by atoms with Crippen LogP contribution in [0.15, 0.2) is 64.9 Å². The van der Waals surface area contributed by atoms with E-state index in [9.17, 15) is 4.79 Å². The SMILES string of the molecule is C/C(=N\Nc1nnc(SCC(=O)Nc2ccccc2C)n1N)c1ccccc1. The lowest BCUT2D eigenvalue weighted by Gasteiger charge is -2.07. The van der Waals surface area contributed by atoms with Crippen LogP contribution in [0.25, 0.3) is 0 Å². The number of carbonyl (C=O) groups is 1. The van der Waals surface area contributed by atoms with Crippen LogP contribution in [-0.2, 0) is 4.79 Å². The van der Waals surface area contributed by atoms with Crippen molar-refractivity contribution in [1.82, 2.24) is 14.9 Å². The first kappa shape index (κ1) is 19.4. The zero-order chi connectivity index (χ0) is 19.9. The molecule has 0 fully saturated rings. The highest BCUT2D eigenvalue weighted by molar-refractivity contribution is 7.99. The lowest BCUT2D eigenvalue weighted by Crippen LogP contribution is -2.17. The molecule has 0 aliphatic rings. The molecule has 0 atom stereocenters. The van der Waals surface area contributed by atoms with Gasteiger partial charge in [-0.1, -0.05) is 60.3 Å². The van der Waals surface area contributed by atoms with Crippen LogP contribution in [0, 0.1) is 6.92 Å². The van der Waals surface area contributed by atoms with Crippen molar-refractivity contribution in [2.24, 2.45) is 5.10 Å². The average molecular weight is 395 g/mol. The number of hydrazone groups is 1. The van der Waals surface area contributed by atoms with Crippen LogP contribution in [0.2, 0.25) is 0 Å². The van der Waals surface area contributed by atoms with E-state index in [4.69, 9.17) is 5.84 Å². The highest BCUT2D eigenvalue weighted by Crippen LogP contribution is 2.18. The maximum absolute atomic E-state index is 12.2. The van der Waals surface area contributed by atoms with Crippen LogP contribution >= 0.6 is 11.8 Å².